The second-order valence-corrected chi connectivity index (χ2v) is 7.66. The van der Waals surface area contributed by atoms with Gasteiger partial charge in [-0.1, -0.05) is 30.3 Å². The lowest BCUT2D eigenvalue weighted by Gasteiger charge is -2.30. The summed E-state index contributed by atoms with van der Waals surface area (Å²) in [6.45, 7) is 2.17. The minimum atomic E-state index is 0.604. The Morgan fingerprint density at radius 3 is 2.96 bits per heavy atom. The van der Waals surface area contributed by atoms with Crippen molar-refractivity contribution in [2.24, 2.45) is 0 Å². The molecule has 0 bridgehead atoms. The highest BCUT2D eigenvalue weighted by atomic mass is 16.5. The standard InChI is InChI=1S/C24H28N2O/c1-26(15-13-18-11-12-19-7-5-14-25-23(19)16-18)17-20-6-3-9-22-21(20)8-4-10-24(22)27-2/h4-5,7-8,10-12,14,16,20H,3,6,9,13,15,17H2,1-2H3/t20-/m0/s1. The van der Waals surface area contributed by atoms with Crippen LogP contribution in [0.1, 0.15) is 35.4 Å². The SMILES string of the molecule is COc1cccc2c1CCC[C@H]2CN(C)CCc1ccc2cccnc2c1. The van der Waals surface area contributed by atoms with Crippen LogP contribution in [0.15, 0.2) is 54.7 Å². The summed E-state index contributed by atoms with van der Waals surface area (Å²) in [4.78, 5) is 6.95. The first-order valence-electron chi connectivity index (χ1n) is 9.92. The van der Waals surface area contributed by atoms with E-state index >= 15 is 0 Å². The van der Waals surface area contributed by atoms with Gasteiger partial charge in [-0.15, -0.1) is 0 Å². The first-order chi connectivity index (χ1) is 13.2. The minimum Gasteiger partial charge on any atom is -0.496 e. The third-order valence-corrected chi connectivity index (χ3v) is 5.79. The predicted octanol–water partition coefficient (Wildman–Crippen LogP) is 4.84. The number of rotatable bonds is 6. The van der Waals surface area contributed by atoms with E-state index in [4.69, 9.17) is 4.74 Å². The largest absolute Gasteiger partial charge is 0.496 e. The summed E-state index contributed by atoms with van der Waals surface area (Å²) in [5, 5.41) is 1.21. The van der Waals surface area contributed by atoms with Crippen molar-refractivity contribution >= 4 is 10.9 Å². The minimum absolute atomic E-state index is 0.604. The number of benzene rings is 2. The van der Waals surface area contributed by atoms with Crippen molar-refractivity contribution in [3.05, 3.63) is 71.4 Å². The number of methoxy groups -OCH3 is 1. The molecule has 1 heterocycles. The molecule has 3 heteroatoms. The molecule has 4 rings (SSSR count). The maximum atomic E-state index is 5.59. The van der Waals surface area contributed by atoms with Gasteiger partial charge in [0.2, 0.25) is 0 Å². The maximum absolute atomic E-state index is 5.59. The van der Waals surface area contributed by atoms with Crippen molar-refractivity contribution in [2.75, 3.05) is 27.2 Å². The summed E-state index contributed by atoms with van der Waals surface area (Å²) in [6, 6.07) is 17.3. The summed E-state index contributed by atoms with van der Waals surface area (Å²) in [6.07, 6.45) is 6.59. The highest BCUT2D eigenvalue weighted by molar-refractivity contribution is 5.78. The van der Waals surface area contributed by atoms with E-state index in [9.17, 15) is 0 Å². The van der Waals surface area contributed by atoms with E-state index in [-0.39, 0.29) is 0 Å². The number of likely N-dealkylation sites (N-methyl/N-ethyl adjacent to an activating group) is 1. The van der Waals surface area contributed by atoms with Crippen LogP contribution in [0.3, 0.4) is 0 Å². The Bertz CT molecular complexity index is 921. The number of hydrogen-bond donors (Lipinski definition) is 0. The molecule has 27 heavy (non-hydrogen) atoms. The molecule has 1 aromatic heterocycles. The molecule has 3 nitrogen and oxygen atoms in total. The van der Waals surface area contributed by atoms with E-state index in [0.717, 1.165) is 37.2 Å². The van der Waals surface area contributed by atoms with Crippen molar-refractivity contribution in [1.29, 1.82) is 0 Å². The molecule has 140 valence electrons. The van der Waals surface area contributed by atoms with Crippen LogP contribution in [-0.2, 0) is 12.8 Å². The van der Waals surface area contributed by atoms with E-state index in [2.05, 4.69) is 59.4 Å². The molecular weight excluding hydrogens is 332 g/mol. The molecule has 0 unspecified atom stereocenters. The van der Waals surface area contributed by atoms with E-state index in [1.807, 2.05) is 12.3 Å². The van der Waals surface area contributed by atoms with Crippen molar-refractivity contribution in [3.63, 3.8) is 0 Å². The molecule has 0 radical (unpaired) electrons. The van der Waals surface area contributed by atoms with Gasteiger partial charge >= 0.3 is 0 Å². The van der Waals surface area contributed by atoms with Crippen LogP contribution in [0, 0.1) is 0 Å². The van der Waals surface area contributed by atoms with Gasteiger partial charge < -0.3 is 9.64 Å². The number of nitrogens with zero attached hydrogens (tertiary/aromatic N) is 2. The lowest BCUT2D eigenvalue weighted by atomic mass is 9.82. The zero-order valence-electron chi connectivity index (χ0n) is 16.3. The fraction of sp³-hybridized carbons (Fsp3) is 0.375. The monoisotopic (exact) mass is 360 g/mol. The number of ether oxygens (including phenoxy) is 1. The summed E-state index contributed by atoms with van der Waals surface area (Å²) < 4.78 is 5.59. The Balaban J connectivity index is 1.40. The van der Waals surface area contributed by atoms with Crippen LogP contribution >= 0.6 is 0 Å². The highest BCUT2D eigenvalue weighted by Gasteiger charge is 2.23. The smallest absolute Gasteiger partial charge is 0.122 e. The molecule has 1 aliphatic rings. The van der Waals surface area contributed by atoms with Crippen LogP contribution in [-0.4, -0.2) is 37.1 Å². The second-order valence-electron chi connectivity index (χ2n) is 7.66. The molecule has 0 fully saturated rings. The van der Waals surface area contributed by atoms with Crippen LogP contribution in [0.25, 0.3) is 10.9 Å². The average Bonchev–Trinajstić information content (AvgIpc) is 2.72. The molecular formula is C24H28N2O. The topological polar surface area (TPSA) is 25.4 Å². The average molecular weight is 361 g/mol. The summed E-state index contributed by atoms with van der Waals surface area (Å²) in [5.74, 6) is 1.66. The van der Waals surface area contributed by atoms with Gasteiger partial charge in [0, 0.05) is 24.7 Å². The Kier molecular flexibility index (Phi) is 5.40. The molecule has 0 saturated carbocycles. The second kappa shape index (κ2) is 8.10. The van der Waals surface area contributed by atoms with E-state index in [1.54, 1.807) is 7.11 Å². The number of fused-ring (bicyclic) bond motifs is 2. The fourth-order valence-electron chi connectivity index (χ4n) is 4.35. The van der Waals surface area contributed by atoms with E-state index in [0.29, 0.717) is 5.92 Å². The number of pyridine rings is 1. The van der Waals surface area contributed by atoms with Gasteiger partial charge in [0.05, 0.1) is 12.6 Å². The maximum Gasteiger partial charge on any atom is 0.122 e. The quantitative estimate of drug-likeness (QED) is 0.629. The van der Waals surface area contributed by atoms with Crippen molar-refractivity contribution in [1.82, 2.24) is 9.88 Å². The molecule has 0 N–H and O–H groups in total. The molecule has 0 spiro atoms. The molecule has 1 aliphatic carbocycles. The van der Waals surface area contributed by atoms with Gasteiger partial charge in [0.1, 0.15) is 5.75 Å². The van der Waals surface area contributed by atoms with Crippen molar-refractivity contribution in [3.8, 4) is 5.75 Å². The van der Waals surface area contributed by atoms with Gasteiger partial charge in [0.25, 0.3) is 0 Å². The molecule has 1 atom stereocenters. The Labute approximate surface area is 162 Å². The summed E-state index contributed by atoms with van der Waals surface area (Å²) in [7, 11) is 4.03. The van der Waals surface area contributed by atoms with Crippen LogP contribution < -0.4 is 4.74 Å². The summed E-state index contributed by atoms with van der Waals surface area (Å²) in [5.41, 5.74) is 5.36. The molecule has 0 amide bonds. The number of aromatic nitrogens is 1. The van der Waals surface area contributed by atoms with Crippen LogP contribution in [0.4, 0.5) is 0 Å². The van der Waals surface area contributed by atoms with Gasteiger partial charge in [-0.2, -0.15) is 0 Å². The Morgan fingerprint density at radius 2 is 2.07 bits per heavy atom. The molecule has 2 aromatic carbocycles. The van der Waals surface area contributed by atoms with E-state index < -0.39 is 0 Å². The third kappa shape index (κ3) is 3.98. The highest BCUT2D eigenvalue weighted by Crippen LogP contribution is 2.36. The zero-order chi connectivity index (χ0) is 18.6. The fourth-order valence-corrected chi connectivity index (χ4v) is 4.35. The Morgan fingerprint density at radius 1 is 1.15 bits per heavy atom. The molecule has 3 aromatic rings. The summed E-state index contributed by atoms with van der Waals surface area (Å²) >= 11 is 0. The molecule has 0 saturated heterocycles. The zero-order valence-corrected chi connectivity index (χ0v) is 16.3. The predicted molar refractivity (Wildman–Crippen MR) is 112 cm³/mol. The first-order valence-corrected chi connectivity index (χ1v) is 9.92. The van der Waals surface area contributed by atoms with Crippen molar-refractivity contribution < 1.29 is 4.74 Å². The van der Waals surface area contributed by atoms with Crippen LogP contribution in [0.5, 0.6) is 5.75 Å². The first kappa shape index (κ1) is 18.0. The van der Waals surface area contributed by atoms with E-state index in [1.165, 1.54) is 34.9 Å². The van der Waals surface area contributed by atoms with Crippen molar-refractivity contribution in [2.45, 2.75) is 31.6 Å². The van der Waals surface area contributed by atoms with Crippen LogP contribution in [0.2, 0.25) is 0 Å². The normalized spacial score (nSPS) is 16.5. The van der Waals surface area contributed by atoms with Gasteiger partial charge in [-0.25, -0.2) is 0 Å². The van der Waals surface area contributed by atoms with Gasteiger partial charge in [-0.3, -0.25) is 4.98 Å². The lowest BCUT2D eigenvalue weighted by molar-refractivity contribution is 0.299. The van der Waals surface area contributed by atoms with Gasteiger partial charge in [-0.05, 0) is 73.5 Å². The Hall–Kier alpha value is -2.39. The lowest BCUT2D eigenvalue weighted by Crippen LogP contribution is -2.28. The van der Waals surface area contributed by atoms with Gasteiger partial charge in [0.15, 0.2) is 0 Å². The third-order valence-electron chi connectivity index (χ3n) is 5.79. The number of hydrogen-bond acceptors (Lipinski definition) is 3. The molecule has 0 aliphatic heterocycles.